The van der Waals surface area contributed by atoms with Crippen molar-refractivity contribution in [3.8, 4) is 11.5 Å². The van der Waals surface area contributed by atoms with Crippen molar-refractivity contribution in [2.45, 2.75) is 6.92 Å². The van der Waals surface area contributed by atoms with Crippen molar-refractivity contribution < 1.29 is 19.4 Å². The number of rotatable bonds is 7. The SMILES string of the molecule is Cc1ccccc1NC(=O)COc1ccc(/C=N\NC(=O)c2cc(Br)c(O)c(Br)c2)cc1. The van der Waals surface area contributed by atoms with E-state index in [9.17, 15) is 14.7 Å². The van der Waals surface area contributed by atoms with Crippen LogP contribution in [0.2, 0.25) is 0 Å². The van der Waals surface area contributed by atoms with Crippen molar-refractivity contribution in [1.82, 2.24) is 5.43 Å². The molecule has 0 saturated heterocycles. The van der Waals surface area contributed by atoms with Crippen LogP contribution in [0, 0.1) is 6.92 Å². The maximum atomic E-state index is 12.2. The molecule has 32 heavy (non-hydrogen) atoms. The number of hydrazone groups is 1. The maximum absolute atomic E-state index is 12.2. The highest BCUT2D eigenvalue weighted by Crippen LogP contribution is 2.33. The molecule has 0 unspecified atom stereocenters. The summed E-state index contributed by atoms with van der Waals surface area (Å²) in [7, 11) is 0. The number of amides is 2. The van der Waals surface area contributed by atoms with Crippen LogP contribution in [0.3, 0.4) is 0 Å². The summed E-state index contributed by atoms with van der Waals surface area (Å²) in [5.41, 5.74) is 5.21. The summed E-state index contributed by atoms with van der Waals surface area (Å²) in [6.45, 7) is 1.80. The number of aromatic hydroxyl groups is 1. The van der Waals surface area contributed by atoms with Crippen molar-refractivity contribution >= 4 is 55.6 Å². The summed E-state index contributed by atoms with van der Waals surface area (Å²) in [4.78, 5) is 24.3. The first-order chi connectivity index (χ1) is 15.3. The molecule has 0 bridgehead atoms. The molecule has 0 heterocycles. The summed E-state index contributed by atoms with van der Waals surface area (Å²) < 4.78 is 6.30. The summed E-state index contributed by atoms with van der Waals surface area (Å²) in [6, 6.07) is 17.4. The molecule has 3 N–H and O–H groups in total. The van der Waals surface area contributed by atoms with E-state index in [-0.39, 0.29) is 18.3 Å². The van der Waals surface area contributed by atoms with E-state index in [1.54, 1.807) is 24.3 Å². The molecule has 0 atom stereocenters. The van der Waals surface area contributed by atoms with Gasteiger partial charge in [-0.2, -0.15) is 5.10 Å². The molecule has 3 aromatic carbocycles. The van der Waals surface area contributed by atoms with Gasteiger partial charge in [-0.25, -0.2) is 5.43 Å². The average molecular weight is 561 g/mol. The second kappa shape index (κ2) is 10.9. The molecule has 0 aliphatic rings. The van der Waals surface area contributed by atoms with Crippen molar-refractivity contribution in [1.29, 1.82) is 0 Å². The molecule has 3 aromatic rings. The van der Waals surface area contributed by atoms with E-state index in [1.165, 1.54) is 18.3 Å². The van der Waals surface area contributed by atoms with Gasteiger partial charge in [0.25, 0.3) is 11.8 Å². The number of para-hydroxylation sites is 1. The molecule has 7 nitrogen and oxygen atoms in total. The van der Waals surface area contributed by atoms with Gasteiger partial charge < -0.3 is 15.2 Å². The topological polar surface area (TPSA) is 100 Å². The van der Waals surface area contributed by atoms with Crippen molar-refractivity contribution in [2.24, 2.45) is 5.10 Å². The predicted molar refractivity (Wildman–Crippen MR) is 130 cm³/mol. The number of hydrogen-bond donors (Lipinski definition) is 3. The second-order valence-electron chi connectivity index (χ2n) is 6.71. The third kappa shape index (κ3) is 6.41. The number of aryl methyl sites for hydroxylation is 1. The van der Waals surface area contributed by atoms with Crippen LogP contribution in [0.5, 0.6) is 11.5 Å². The number of nitrogens with one attached hydrogen (secondary N) is 2. The average Bonchev–Trinajstić information content (AvgIpc) is 2.78. The van der Waals surface area contributed by atoms with Gasteiger partial charge in [-0.15, -0.1) is 0 Å². The summed E-state index contributed by atoms with van der Waals surface area (Å²) in [5, 5.41) is 16.5. The Morgan fingerprint density at radius 1 is 1.06 bits per heavy atom. The Bertz CT molecular complexity index is 1140. The molecule has 0 fully saturated rings. The van der Waals surface area contributed by atoms with Gasteiger partial charge >= 0.3 is 0 Å². The van der Waals surface area contributed by atoms with Crippen molar-refractivity contribution in [2.75, 3.05) is 11.9 Å². The zero-order chi connectivity index (χ0) is 23.1. The molecule has 0 aromatic heterocycles. The molecular formula is C23H19Br2N3O4. The molecule has 164 valence electrons. The molecular weight excluding hydrogens is 542 g/mol. The first kappa shape index (κ1) is 23.5. The molecule has 9 heteroatoms. The fourth-order valence-corrected chi connectivity index (χ4v) is 3.81. The first-order valence-electron chi connectivity index (χ1n) is 9.43. The third-order valence-corrected chi connectivity index (χ3v) is 5.54. The van der Waals surface area contributed by atoms with Gasteiger partial charge in [0.15, 0.2) is 6.61 Å². The van der Waals surface area contributed by atoms with Crippen LogP contribution in [-0.2, 0) is 4.79 Å². The van der Waals surface area contributed by atoms with Crippen LogP contribution >= 0.6 is 31.9 Å². The lowest BCUT2D eigenvalue weighted by Gasteiger charge is -2.09. The highest BCUT2D eigenvalue weighted by atomic mass is 79.9. The van der Waals surface area contributed by atoms with E-state index in [2.05, 4.69) is 47.7 Å². The van der Waals surface area contributed by atoms with Crippen LogP contribution in [0.1, 0.15) is 21.5 Å². The zero-order valence-corrected chi connectivity index (χ0v) is 20.1. The Morgan fingerprint density at radius 2 is 1.72 bits per heavy atom. The number of benzene rings is 3. The van der Waals surface area contributed by atoms with Gasteiger partial charge in [0.05, 0.1) is 15.2 Å². The summed E-state index contributed by atoms with van der Waals surface area (Å²) in [6.07, 6.45) is 1.48. The zero-order valence-electron chi connectivity index (χ0n) is 16.9. The third-order valence-electron chi connectivity index (χ3n) is 4.33. The quantitative estimate of drug-likeness (QED) is 0.279. The number of nitrogens with zero attached hydrogens (tertiary/aromatic N) is 1. The Kier molecular flexibility index (Phi) is 8.02. The van der Waals surface area contributed by atoms with E-state index in [1.807, 2.05) is 31.2 Å². The van der Waals surface area contributed by atoms with E-state index in [0.29, 0.717) is 20.3 Å². The number of carbonyl (C=O) groups excluding carboxylic acids is 2. The van der Waals surface area contributed by atoms with E-state index in [0.717, 1.165) is 16.8 Å². The lowest BCUT2D eigenvalue weighted by atomic mass is 10.2. The van der Waals surface area contributed by atoms with Crippen LogP contribution in [0.15, 0.2) is 74.7 Å². The monoisotopic (exact) mass is 559 g/mol. The minimum Gasteiger partial charge on any atom is -0.506 e. The van der Waals surface area contributed by atoms with E-state index in [4.69, 9.17) is 4.74 Å². The molecule has 0 radical (unpaired) electrons. The first-order valence-corrected chi connectivity index (χ1v) is 11.0. The van der Waals surface area contributed by atoms with E-state index >= 15 is 0 Å². The van der Waals surface area contributed by atoms with Gasteiger partial charge in [0.1, 0.15) is 11.5 Å². The molecule has 0 aliphatic heterocycles. The Balaban J connectivity index is 1.50. The number of carbonyl (C=O) groups is 2. The number of anilines is 1. The summed E-state index contributed by atoms with van der Waals surface area (Å²) >= 11 is 6.37. The second-order valence-corrected chi connectivity index (χ2v) is 8.42. The Hall–Kier alpha value is -3.17. The van der Waals surface area contributed by atoms with Gasteiger partial charge in [0.2, 0.25) is 0 Å². The minimum atomic E-state index is -0.428. The van der Waals surface area contributed by atoms with E-state index < -0.39 is 5.91 Å². The fourth-order valence-electron chi connectivity index (χ4n) is 2.63. The number of halogens is 2. The standard InChI is InChI=1S/C23H19Br2N3O4/c1-14-4-2-3-5-20(14)27-21(29)13-32-17-8-6-15(7-9-17)12-26-28-23(31)16-10-18(24)22(30)19(25)11-16/h2-12,30H,13H2,1H3,(H,27,29)(H,28,31)/b26-12-. The van der Waals surface area contributed by atoms with Crippen molar-refractivity contribution in [3.63, 3.8) is 0 Å². The largest absolute Gasteiger partial charge is 0.506 e. The van der Waals surface area contributed by atoms with Gasteiger partial charge in [0, 0.05) is 11.3 Å². The molecule has 2 amide bonds. The Labute approximate surface area is 201 Å². The fraction of sp³-hybridized carbons (Fsp3) is 0.0870. The smallest absolute Gasteiger partial charge is 0.271 e. The van der Waals surface area contributed by atoms with Gasteiger partial charge in [-0.05, 0) is 92.4 Å². The lowest BCUT2D eigenvalue weighted by Crippen LogP contribution is -2.20. The molecule has 0 aliphatic carbocycles. The number of phenols is 1. The Morgan fingerprint density at radius 3 is 2.38 bits per heavy atom. The normalized spacial score (nSPS) is 10.7. The highest BCUT2D eigenvalue weighted by Gasteiger charge is 2.11. The van der Waals surface area contributed by atoms with Gasteiger partial charge in [-0.3, -0.25) is 9.59 Å². The number of phenolic OH excluding ortho intramolecular Hbond substituents is 1. The highest BCUT2D eigenvalue weighted by molar-refractivity contribution is 9.11. The van der Waals surface area contributed by atoms with Gasteiger partial charge in [-0.1, -0.05) is 18.2 Å². The molecule has 0 spiro atoms. The number of ether oxygens (including phenoxy) is 1. The minimum absolute atomic E-state index is 0.0139. The molecule has 0 saturated carbocycles. The van der Waals surface area contributed by atoms with Crippen LogP contribution in [-0.4, -0.2) is 29.7 Å². The predicted octanol–water partition coefficient (Wildman–Crippen LogP) is 5.01. The van der Waals surface area contributed by atoms with Crippen LogP contribution in [0.25, 0.3) is 0 Å². The number of hydrogen-bond acceptors (Lipinski definition) is 5. The lowest BCUT2D eigenvalue weighted by molar-refractivity contribution is -0.118. The van der Waals surface area contributed by atoms with Crippen LogP contribution < -0.4 is 15.5 Å². The van der Waals surface area contributed by atoms with Crippen molar-refractivity contribution in [3.05, 3.63) is 86.3 Å². The van der Waals surface area contributed by atoms with Crippen LogP contribution in [0.4, 0.5) is 5.69 Å². The maximum Gasteiger partial charge on any atom is 0.271 e. The molecule has 3 rings (SSSR count). The summed E-state index contributed by atoms with van der Waals surface area (Å²) in [5.74, 6) is -0.132.